The Morgan fingerprint density at radius 3 is 2.35 bits per heavy atom. The number of nitrogens with one attached hydrogen (secondary N) is 1. The third-order valence-electron chi connectivity index (χ3n) is 8.21. The molecule has 1 atom stereocenters. The third kappa shape index (κ3) is 7.98. The number of hydrogen-bond donors (Lipinski definition) is 1. The molecule has 4 aromatic rings. The molecular formula is C37H37ClF2N2O4. The maximum absolute atomic E-state index is 16.6. The molecule has 1 aliphatic rings. The lowest BCUT2D eigenvalue weighted by molar-refractivity contribution is 0.0929. The fourth-order valence-corrected chi connectivity index (χ4v) is 5.20. The van der Waals surface area contributed by atoms with Crippen molar-refractivity contribution in [2.45, 2.75) is 63.8 Å². The van der Waals surface area contributed by atoms with E-state index in [1.54, 1.807) is 54.6 Å². The fraction of sp³-hybridized carbons (Fsp3) is 0.324. The van der Waals surface area contributed by atoms with Crippen LogP contribution in [0.1, 0.15) is 78.4 Å². The monoisotopic (exact) mass is 646 g/mol. The van der Waals surface area contributed by atoms with Gasteiger partial charge in [-0.1, -0.05) is 41.9 Å². The summed E-state index contributed by atoms with van der Waals surface area (Å²) in [5.74, 6) is 0.112. The van der Waals surface area contributed by atoms with Crippen molar-refractivity contribution in [1.82, 2.24) is 10.3 Å². The van der Waals surface area contributed by atoms with Gasteiger partial charge in [0.25, 0.3) is 0 Å². The second-order valence-electron chi connectivity index (χ2n) is 12.3. The number of halogens is 3. The van der Waals surface area contributed by atoms with Gasteiger partial charge in [-0.05, 0) is 94.1 Å². The van der Waals surface area contributed by atoms with Gasteiger partial charge in [-0.15, -0.1) is 0 Å². The van der Waals surface area contributed by atoms with Crippen LogP contribution in [-0.4, -0.2) is 36.3 Å². The topological polar surface area (TPSA) is 77.5 Å². The van der Waals surface area contributed by atoms with Gasteiger partial charge >= 0.3 is 0 Å². The first kappa shape index (κ1) is 33.2. The lowest BCUT2D eigenvalue weighted by atomic mass is 9.88. The van der Waals surface area contributed by atoms with Crippen LogP contribution in [0, 0.1) is 5.82 Å². The highest BCUT2D eigenvalue weighted by atomic mass is 35.5. The second kappa shape index (κ2) is 13.7. The lowest BCUT2D eigenvalue weighted by Gasteiger charge is -2.29. The number of pyridine rings is 1. The molecule has 1 aliphatic carbocycles. The summed E-state index contributed by atoms with van der Waals surface area (Å²) in [4.78, 5) is 30.7. The van der Waals surface area contributed by atoms with E-state index in [1.807, 2.05) is 19.9 Å². The number of methoxy groups -OCH3 is 1. The molecule has 1 unspecified atom stereocenters. The minimum atomic E-state index is -2.01. The average molecular weight is 647 g/mol. The summed E-state index contributed by atoms with van der Waals surface area (Å²) in [6, 6.07) is 21.6. The van der Waals surface area contributed by atoms with E-state index in [0.29, 0.717) is 39.4 Å². The molecule has 1 N–H and O–H groups in total. The Hall–Kier alpha value is -4.14. The molecule has 240 valence electrons. The number of nitrogens with zero attached hydrogens (tertiary/aromatic N) is 1. The molecule has 5 rings (SSSR count). The second-order valence-corrected chi connectivity index (χ2v) is 12.7. The van der Waals surface area contributed by atoms with E-state index < -0.39 is 17.0 Å². The molecule has 0 bridgehead atoms. The number of benzene rings is 3. The number of Topliss-reactive ketones (excluding diaryl/α,β-unsaturated/α-hetero) is 2. The van der Waals surface area contributed by atoms with Gasteiger partial charge in [0, 0.05) is 28.7 Å². The first-order valence-corrected chi connectivity index (χ1v) is 15.6. The number of aromatic nitrogens is 1. The number of alkyl halides is 1. The van der Waals surface area contributed by atoms with Crippen molar-refractivity contribution < 1.29 is 27.8 Å². The SMILES string of the molecule is COc1cc(C(=O)CCC(C)(F)c2cc(C(C)(C)NCC(=O)c3ccccc3)cc(-c3ccc(F)c(Cl)c3)n2)ccc1OC1CC1. The van der Waals surface area contributed by atoms with Gasteiger partial charge in [0.05, 0.1) is 36.2 Å². The van der Waals surface area contributed by atoms with Crippen molar-refractivity contribution >= 4 is 23.2 Å². The van der Waals surface area contributed by atoms with E-state index in [1.165, 1.54) is 32.2 Å². The summed E-state index contributed by atoms with van der Waals surface area (Å²) in [5, 5.41) is 3.20. The Morgan fingerprint density at radius 1 is 0.935 bits per heavy atom. The zero-order valence-electron chi connectivity index (χ0n) is 26.3. The van der Waals surface area contributed by atoms with E-state index in [9.17, 15) is 14.0 Å². The zero-order valence-corrected chi connectivity index (χ0v) is 27.1. The van der Waals surface area contributed by atoms with Crippen molar-refractivity contribution in [3.05, 3.63) is 112 Å². The molecule has 0 saturated heterocycles. The average Bonchev–Trinajstić information content (AvgIpc) is 3.88. The minimum absolute atomic E-state index is 0.0434. The van der Waals surface area contributed by atoms with E-state index in [4.69, 9.17) is 21.1 Å². The van der Waals surface area contributed by atoms with Crippen molar-refractivity contribution in [3.63, 3.8) is 0 Å². The van der Waals surface area contributed by atoms with Gasteiger partial charge < -0.3 is 14.8 Å². The van der Waals surface area contributed by atoms with Crippen molar-refractivity contribution in [2.75, 3.05) is 13.7 Å². The summed E-state index contributed by atoms with van der Waals surface area (Å²) in [5.41, 5.74) is -0.211. The Labute approximate surface area is 273 Å². The fourth-order valence-electron chi connectivity index (χ4n) is 5.02. The van der Waals surface area contributed by atoms with E-state index in [-0.39, 0.29) is 47.8 Å². The molecule has 1 heterocycles. The van der Waals surface area contributed by atoms with Crippen LogP contribution in [-0.2, 0) is 11.2 Å². The van der Waals surface area contributed by atoms with Crippen molar-refractivity contribution in [2.24, 2.45) is 0 Å². The number of rotatable bonds is 14. The molecule has 6 nitrogen and oxygen atoms in total. The predicted molar refractivity (Wildman–Crippen MR) is 175 cm³/mol. The van der Waals surface area contributed by atoms with Gasteiger partial charge in [0.1, 0.15) is 11.5 Å². The highest BCUT2D eigenvalue weighted by Crippen LogP contribution is 2.37. The van der Waals surface area contributed by atoms with Crippen LogP contribution in [0.25, 0.3) is 11.3 Å². The molecule has 0 amide bonds. The molecule has 3 aromatic carbocycles. The molecule has 1 saturated carbocycles. The van der Waals surface area contributed by atoms with E-state index in [0.717, 1.165) is 12.8 Å². The normalized spacial score (nSPS) is 14.4. The Morgan fingerprint density at radius 2 is 1.67 bits per heavy atom. The Balaban J connectivity index is 1.40. The van der Waals surface area contributed by atoms with Crippen LogP contribution in [0.2, 0.25) is 5.02 Å². The lowest BCUT2D eigenvalue weighted by Crippen LogP contribution is -2.40. The van der Waals surface area contributed by atoms with Crippen LogP contribution in [0.3, 0.4) is 0 Å². The molecule has 0 radical (unpaired) electrons. The number of hydrogen-bond acceptors (Lipinski definition) is 6. The van der Waals surface area contributed by atoms with Gasteiger partial charge in [-0.2, -0.15) is 0 Å². The largest absolute Gasteiger partial charge is 0.493 e. The van der Waals surface area contributed by atoms with Gasteiger partial charge in [0.2, 0.25) is 0 Å². The quantitative estimate of drug-likeness (QED) is 0.138. The summed E-state index contributed by atoms with van der Waals surface area (Å²) in [6.45, 7) is 5.20. The van der Waals surface area contributed by atoms with Crippen LogP contribution in [0.5, 0.6) is 11.5 Å². The Bertz CT molecular complexity index is 1740. The maximum atomic E-state index is 16.6. The molecular weight excluding hydrogens is 610 g/mol. The van der Waals surface area contributed by atoms with E-state index >= 15 is 4.39 Å². The standard InChI is InChI=1S/C37H37ClF2N2O4/c1-36(2,41-22-32(44)23-8-6-5-7-9-23)26-20-30(24-10-14-29(39)28(38)18-24)42-35(21-26)37(3,40)17-16-31(43)25-11-15-33(34(19-25)45-4)46-27-12-13-27/h5-11,14-15,18-21,27,41H,12-13,16-17,22H2,1-4H3. The highest BCUT2D eigenvalue weighted by Gasteiger charge is 2.32. The number of ketones is 2. The smallest absolute Gasteiger partial charge is 0.176 e. The van der Waals surface area contributed by atoms with Crippen molar-refractivity contribution in [1.29, 1.82) is 0 Å². The first-order valence-electron chi connectivity index (χ1n) is 15.2. The minimum Gasteiger partial charge on any atom is -0.493 e. The summed E-state index contributed by atoms with van der Waals surface area (Å²) in [6.07, 6.45) is 1.92. The van der Waals surface area contributed by atoms with Crippen LogP contribution in [0.4, 0.5) is 8.78 Å². The molecule has 1 fully saturated rings. The molecule has 0 spiro atoms. The number of carbonyl (C=O) groups excluding carboxylic acids is 2. The number of ether oxygens (including phenoxy) is 2. The summed E-state index contributed by atoms with van der Waals surface area (Å²) < 4.78 is 41.9. The van der Waals surface area contributed by atoms with Crippen molar-refractivity contribution in [3.8, 4) is 22.8 Å². The summed E-state index contributed by atoms with van der Waals surface area (Å²) in [7, 11) is 1.51. The maximum Gasteiger partial charge on any atom is 0.176 e. The highest BCUT2D eigenvalue weighted by molar-refractivity contribution is 6.31. The van der Waals surface area contributed by atoms with Gasteiger partial charge in [-0.3, -0.25) is 9.59 Å². The van der Waals surface area contributed by atoms with E-state index in [2.05, 4.69) is 10.3 Å². The predicted octanol–water partition coefficient (Wildman–Crippen LogP) is 8.65. The van der Waals surface area contributed by atoms with Crippen LogP contribution < -0.4 is 14.8 Å². The molecule has 0 aliphatic heterocycles. The zero-order chi connectivity index (χ0) is 33.1. The van der Waals surface area contributed by atoms with Gasteiger partial charge in [0.15, 0.2) is 23.1 Å². The Kier molecular flexibility index (Phi) is 9.89. The third-order valence-corrected chi connectivity index (χ3v) is 8.50. The molecule has 1 aromatic heterocycles. The number of carbonyl (C=O) groups is 2. The summed E-state index contributed by atoms with van der Waals surface area (Å²) >= 11 is 6.09. The first-order chi connectivity index (χ1) is 21.9. The van der Waals surface area contributed by atoms with Gasteiger partial charge in [-0.25, -0.2) is 13.8 Å². The van der Waals surface area contributed by atoms with Crippen LogP contribution in [0.15, 0.2) is 78.9 Å². The molecule has 46 heavy (non-hydrogen) atoms. The molecule has 9 heteroatoms. The van der Waals surface area contributed by atoms with Crippen LogP contribution >= 0.6 is 11.6 Å².